The number of aromatic hydroxyl groups is 2. The number of aliphatic hydroxyl groups is 1. The number of benzene rings is 2. The average Bonchev–Trinajstić information content (AvgIpc) is 2.58. The molecule has 1 atom stereocenters. The molecule has 1 unspecified atom stereocenters. The number of ether oxygens (including phenoxy) is 1. The summed E-state index contributed by atoms with van der Waals surface area (Å²) < 4.78 is 5.09. The van der Waals surface area contributed by atoms with Crippen LogP contribution in [0.5, 0.6) is 11.5 Å². The number of esters is 1. The molecule has 2 aromatic rings. The van der Waals surface area contributed by atoms with Crippen LogP contribution in [0.25, 0.3) is 0 Å². The third kappa shape index (κ3) is 4.99. The van der Waals surface area contributed by atoms with Gasteiger partial charge in [0, 0.05) is 12.3 Å². The van der Waals surface area contributed by atoms with E-state index < -0.39 is 6.10 Å². The van der Waals surface area contributed by atoms with E-state index in [-0.39, 0.29) is 36.4 Å². The summed E-state index contributed by atoms with van der Waals surface area (Å²) >= 11 is 0. The minimum Gasteiger partial charge on any atom is -0.508 e. The maximum Gasteiger partial charge on any atom is 0.306 e. The molecule has 5 heteroatoms. The van der Waals surface area contributed by atoms with Gasteiger partial charge in [-0.05, 0) is 48.7 Å². The van der Waals surface area contributed by atoms with Crippen LogP contribution in [0.15, 0.2) is 48.5 Å². The molecule has 24 heavy (non-hydrogen) atoms. The maximum atomic E-state index is 11.9. The van der Waals surface area contributed by atoms with Crippen molar-refractivity contribution in [3.63, 3.8) is 0 Å². The normalized spacial score (nSPS) is 12.1. The second-order valence-electron chi connectivity index (χ2n) is 5.76. The van der Waals surface area contributed by atoms with Crippen LogP contribution in [0.3, 0.4) is 0 Å². The molecule has 0 radical (unpaired) electrons. The van der Waals surface area contributed by atoms with Crippen LogP contribution in [0.2, 0.25) is 0 Å². The van der Waals surface area contributed by atoms with Crippen molar-refractivity contribution in [2.45, 2.75) is 31.8 Å². The molecule has 0 saturated carbocycles. The molecule has 0 aliphatic rings. The Morgan fingerprint density at radius 3 is 1.83 bits per heavy atom. The van der Waals surface area contributed by atoms with E-state index in [9.17, 15) is 15.0 Å². The second-order valence-corrected chi connectivity index (χ2v) is 5.76. The molecular formula is C19H22O5. The summed E-state index contributed by atoms with van der Waals surface area (Å²) in [5.74, 6) is -0.0685. The van der Waals surface area contributed by atoms with Crippen LogP contribution in [0, 0.1) is 0 Å². The van der Waals surface area contributed by atoms with Gasteiger partial charge in [-0.25, -0.2) is 0 Å². The average molecular weight is 330 g/mol. The molecule has 2 aromatic carbocycles. The molecule has 2 rings (SSSR count). The highest BCUT2D eigenvalue weighted by atomic mass is 16.5. The van der Waals surface area contributed by atoms with Crippen molar-refractivity contribution < 1.29 is 24.9 Å². The lowest BCUT2D eigenvalue weighted by molar-refractivity contribution is -0.150. The van der Waals surface area contributed by atoms with Gasteiger partial charge in [-0.1, -0.05) is 24.3 Å². The topological polar surface area (TPSA) is 87.0 Å². The molecule has 128 valence electrons. The predicted octanol–water partition coefficient (Wildman–Crippen LogP) is 2.93. The largest absolute Gasteiger partial charge is 0.508 e. The number of aliphatic hydroxyl groups excluding tert-OH is 1. The smallest absolute Gasteiger partial charge is 0.306 e. The summed E-state index contributed by atoms with van der Waals surface area (Å²) in [4.78, 5) is 11.9. The molecule has 0 aliphatic carbocycles. The first-order valence-corrected chi connectivity index (χ1v) is 7.87. The monoisotopic (exact) mass is 330 g/mol. The zero-order valence-electron chi connectivity index (χ0n) is 13.6. The van der Waals surface area contributed by atoms with Crippen molar-refractivity contribution in [1.29, 1.82) is 0 Å². The van der Waals surface area contributed by atoms with E-state index in [1.165, 1.54) is 0 Å². The molecule has 0 amide bonds. The number of carbonyl (C=O) groups is 1. The van der Waals surface area contributed by atoms with Gasteiger partial charge in [-0.3, -0.25) is 4.79 Å². The summed E-state index contributed by atoms with van der Waals surface area (Å²) in [5.41, 5.74) is 1.92. The maximum absolute atomic E-state index is 11.9. The van der Waals surface area contributed by atoms with Crippen molar-refractivity contribution in [1.82, 2.24) is 0 Å². The lowest BCUT2D eigenvalue weighted by Gasteiger charge is -2.19. The Labute approximate surface area is 141 Å². The van der Waals surface area contributed by atoms with Crippen LogP contribution in [-0.2, 0) is 9.53 Å². The van der Waals surface area contributed by atoms with E-state index in [1.54, 1.807) is 31.2 Å². The van der Waals surface area contributed by atoms with Gasteiger partial charge < -0.3 is 20.1 Å². The number of phenolic OH excluding ortho intramolecular Hbond substituents is 2. The molecule has 5 nitrogen and oxygen atoms in total. The van der Waals surface area contributed by atoms with Crippen molar-refractivity contribution in [3.05, 3.63) is 59.7 Å². The first-order valence-electron chi connectivity index (χ1n) is 7.87. The van der Waals surface area contributed by atoms with Gasteiger partial charge in [0.05, 0.1) is 6.61 Å². The number of hydrogen-bond acceptors (Lipinski definition) is 5. The van der Waals surface area contributed by atoms with Gasteiger partial charge in [0.1, 0.15) is 17.6 Å². The van der Waals surface area contributed by atoms with Crippen molar-refractivity contribution in [2.24, 2.45) is 0 Å². The Morgan fingerprint density at radius 2 is 1.42 bits per heavy atom. The predicted molar refractivity (Wildman–Crippen MR) is 89.9 cm³/mol. The summed E-state index contributed by atoms with van der Waals surface area (Å²) in [6.07, 6.45) is 0.210. The molecule has 0 fully saturated rings. The van der Waals surface area contributed by atoms with E-state index in [4.69, 9.17) is 9.84 Å². The number of phenols is 2. The second kappa shape index (κ2) is 8.36. The quantitative estimate of drug-likeness (QED) is 0.680. The van der Waals surface area contributed by atoms with Gasteiger partial charge in [0.25, 0.3) is 0 Å². The summed E-state index contributed by atoms with van der Waals surface area (Å²) in [5, 5.41) is 27.9. The molecule has 3 N–H and O–H groups in total. The fraction of sp³-hybridized carbons (Fsp3) is 0.316. The Kier molecular flexibility index (Phi) is 6.21. The first kappa shape index (κ1) is 17.8. The fourth-order valence-electron chi connectivity index (χ4n) is 2.52. The Balaban J connectivity index is 2.15. The molecule has 0 heterocycles. The Hall–Kier alpha value is -2.53. The van der Waals surface area contributed by atoms with Gasteiger partial charge >= 0.3 is 5.97 Å². The summed E-state index contributed by atoms with van der Waals surface area (Å²) in [6.45, 7) is 1.43. The molecule has 0 aromatic heterocycles. The third-order valence-electron chi connectivity index (χ3n) is 3.82. The van der Waals surface area contributed by atoms with Crippen LogP contribution < -0.4 is 0 Å². The highest BCUT2D eigenvalue weighted by Gasteiger charge is 2.18. The molecule has 0 aliphatic heterocycles. The molecule has 0 spiro atoms. The summed E-state index contributed by atoms with van der Waals surface area (Å²) in [6, 6.07) is 13.7. The minimum absolute atomic E-state index is 0.0665. The van der Waals surface area contributed by atoms with Crippen LogP contribution in [-0.4, -0.2) is 34.0 Å². The highest BCUT2D eigenvalue weighted by Crippen LogP contribution is 2.31. The van der Waals surface area contributed by atoms with E-state index >= 15 is 0 Å². The number of rotatable bonds is 7. The SMILES string of the molecule is CC(CO)OC(=O)CCC(c1ccc(O)cc1)c1ccc(O)cc1. The van der Waals surface area contributed by atoms with Gasteiger partial charge in [-0.15, -0.1) is 0 Å². The van der Waals surface area contributed by atoms with Crippen LogP contribution >= 0.6 is 0 Å². The zero-order chi connectivity index (χ0) is 17.5. The lowest BCUT2D eigenvalue weighted by atomic mass is 9.87. The van der Waals surface area contributed by atoms with Gasteiger partial charge in [-0.2, -0.15) is 0 Å². The molecule has 0 bridgehead atoms. The van der Waals surface area contributed by atoms with Crippen LogP contribution in [0.4, 0.5) is 0 Å². The van der Waals surface area contributed by atoms with E-state index in [1.807, 2.05) is 24.3 Å². The van der Waals surface area contributed by atoms with Gasteiger partial charge in [0.15, 0.2) is 0 Å². The minimum atomic E-state index is -0.515. The van der Waals surface area contributed by atoms with E-state index in [0.717, 1.165) is 11.1 Å². The number of carbonyl (C=O) groups excluding carboxylic acids is 1. The standard InChI is InChI=1S/C19H22O5/c1-13(12-20)24-19(23)11-10-18(14-2-6-16(21)7-3-14)15-4-8-17(22)9-5-15/h2-9,13,18,20-22H,10-12H2,1H3. The molecule has 0 saturated heterocycles. The Morgan fingerprint density at radius 1 is 0.958 bits per heavy atom. The summed E-state index contributed by atoms with van der Waals surface area (Å²) in [7, 11) is 0. The van der Waals surface area contributed by atoms with E-state index in [0.29, 0.717) is 6.42 Å². The van der Waals surface area contributed by atoms with E-state index in [2.05, 4.69) is 0 Å². The fourth-order valence-corrected chi connectivity index (χ4v) is 2.52. The zero-order valence-corrected chi connectivity index (χ0v) is 13.6. The van der Waals surface area contributed by atoms with Crippen molar-refractivity contribution in [2.75, 3.05) is 6.61 Å². The van der Waals surface area contributed by atoms with Gasteiger partial charge in [0.2, 0.25) is 0 Å². The van der Waals surface area contributed by atoms with Crippen LogP contribution in [0.1, 0.15) is 36.8 Å². The third-order valence-corrected chi connectivity index (χ3v) is 3.82. The number of hydrogen-bond donors (Lipinski definition) is 3. The van der Waals surface area contributed by atoms with Crippen molar-refractivity contribution >= 4 is 5.97 Å². The first-order chi connectivity index (χ1) is 11.5. The lowest BCUT2D eigenvalue weighted by Crippen LogP contribution is -2.18. The Bertz CT molecular complexity index is 603. The highest BCUT2D eigenvalue weighted by molar-refractivity contribution is 5.69. The molecular weight excluding hydrogens is 308 g/mol. The van der Waals surface area contributed by atoms with Crippen molar-refractivity contribution in [3.8, 4) is 11.5 Å².